The highest BCUT2D eigenvalue weighted by molar-refractivity contribution is 6.39. The van der Waals surface area contributed by atoms with Crippen molar-refractivity contribution in [3.63, 3.8) is 0 Å². The van der Waals surface area contributed by atoms with Gasteiger partial charge in [0, 0.05) is 0 Å². The molecular weight excluding hydrogens is 224 g/mol. The lowest BCUT2D eigenvalue weighted by molar-refractivity contribution is -0.136. The zero-order valence-corrected chi connectivity index (χ0v) is 10.8. The number of carbonyl (C=O) groups is 1. The van der Waals surface area contributed by atoms with Gasteiger partial charge in [0.1, 0.15) is 0 Å². The molecule has 0 unspecified atom stereocenters. The van der Waals surface area contributed by atoms with Crippen LogP contribution in [-0.4, -0.2) is 62.8 Å². The Labute approximate surface area is 101 Å². The van der Waals surface area contributed by atoms with Crippen LogP contribution in [0.25, 0.3) is 4.85 Å². The first-order valence-corrected chi connectivity index (χ1v) is 5.05. The number of hydrogen-bond acceptors (Lipinski definition) is 6. The maximum absolute atomic E-state index is 11.3. The molecule has 0 saturated carbocycles. The summed E-state index contributed by atoms with van der Waals surface area (Å²) in [6.07, 6.45) is -0.457. The van der Waals surface area contributed by atoms with E-state index < -0.39 is 18.2 Å². The molecule has 0 aliphatic carbocycles. The van der Waals surface area contributed by atoms with Gasteiger partial charge in [-0.15, -0.1) is 0 Å². The predicted octanol–water partition coefficient (Wildman–Crippen LogP) is 0.206. The molecule has 0 aliphatic rings. The summed E-state index contributed by atoms with van der Waals surface area (Å²) in [6.45, 7) is 8.66. The van der Waals surface area contributed by atoms with Gasteiger partial charge in [-0.25, -0.2) is 0 Å². The fraction of sp³-hybridized carbons (Fsp3) is 0.700. The summed E-state index contributed by atoms with van der Waals surface area (Å²) in [7, 11) is 7.17. The van der Waals surface area contributed by atoms with Crippen molar-refractivity contribution in [1.82, 2.24) is 9.80 Å². The van der Waals surface area contributed by atoms with Crippen LogP contribution in [0.1, 0.15) is 6.92 Å². The fourth-order valence-electron chi connectivity index (χ4n) is 1.05. The van der Waals surface area contributed by atoms with Crippen LogP contribution in [0.3, 0.4) is 0 Å². The predicted molar refractivity (Wildman–Crippen MR) is 62.9 cm³/mol. The van der Waals surface area contributed by atoms with Gasteiger partial charge < -0.3 is 9.58 Å². The zero-order valence-electron chi connectivity index (χ0n) is 10.8. The highest BCUT2D eigenvalue weighted by Crippen LogP contribution is 2.01. The molecule has 0 N–H and O–H groups in total. The molecule has 7 nitrogen and oxygen atoms in total. The molecule has 96 valence electrons. The van der Waals surface area contributed by atoms with E-state index in [1.165, 1.54) is 0 Å². The quantitative estimate of drug-likeness (QED) is 0.172. The lowest BCUT2D eigenvalue weighted by atomic mass is 10.6. The molecule has 0 spiro atoms. The highest BCUT2D eigenvalue weighted by atomic mass is 16.7. The minimum absolute atomic E-state index is 0.193. The van der Waals surface area contributed by atoms with Gasteiger partial charge in [0.25, 0.3) is 6.35 Å². The Balaban J connectivity index is 4.65. The zero-order chi connectivity index (χ0) is 13.4. The van der Waals surface area contributed by atoms with Crippen molar-refractivity contribution in [3.05, 3.63) is 11.4 Å². The van der Waals surface area contributed by atoms with E-state index in [1.54, 1.807) is 44.9 Å². The Morgan fingerprint density at radius 2 is 1.88 bits per heavy atom. The minimum atomic E-state index is -0.779. The van der Waals surface area contributed by atoms with Crippen molar-refractivity contribution in [2.45, 2.75) is 13.3 Å². The summed E-state index contributed by atoms with van der Waals surface area (Å²) in [5, 5.41) is 3.51. The molecule has 17 heavy (non-hydrogen) atoms. The second kappa shape index (κ2) is 7.60. The summed E-state index contributed by atoms with van der Waals surface area (Å²) in [4.78, 5) is 22.8. The van der Waals surface area contributed by atoms with Gasteiger partial charge in [0.15, 0.2) is 0 Å². The summed E-state index contributed by atoms with van der Waals surface area (Å²) < 4.78 is 4.66. The van der Waals surface area contributed by atoms with Crippen LogP contribution >= 0.6 is 0 Å². The highest BCUT2D eigenvalue weighted by Gasteiger charge is 2.20. The van der Waals surface area contributed by atoms with Gasteiger partial charge in [-0.3, -0.25) is 19.4 Å². The van der Waals surface area contributed by atoms with E-state index in [2.05, 4.69) is 14.7 Å². The van der Waals surface area contributed by atoms with Crippen molar-refractivity contribution in [2.75, 3.05) is 34.8 Å². The molecule has 0 rings (SSSR count). The number of rotatable bonds is 5. The Bertz CT molecular complexity index is 312. The van der Waals surface area contributed by atoms with E-state index in [0.29, 0.717) is 0 Å². The summed E-state index contributed by atoms with van der Waals surface area (Å²) >= 11 is 0. The summed E-state index contributed by atoms with van der Waals surface area (Å²) in [6, 6.07) is 0. The first-order chi connectivity index (χ1) is 7.93. The molecule has 0 heterocycles. The van der Waals surface area contributed by atoms with Gasteiger partial charge in [-0.1, -0.05) is 6.57 Å². The molecule has 0 aromatic carbocycles. The first-order valence-electron chi connectivity index (χ1n) is 5.05. The number of amidine groups is 1. The third-order valence-corrected chi connectivity index (χ3v) is 1.68. The molecule has 0 aromatic rings. The number of esters is 1. The Kier molecular flexibility index (Phi) is 6.86. The third-order valence-electron chi connectivity index (χ3n) is 1.68. The van der Waals surface area contributed by atoms with Crippen molar-refractivity contribution in [2.24, 2.45) is 5.16 Å². The molecule has 0 amide bonds. The minimum Gasteiger partial charge on any atom is -0.470 e. The third kappa shape index (κ3) is 5.29. The van der Waals surface area contributed by atoms with Gasteiger partial charge >= 0.3 is 11.8 Å². The smallest absolute Gasteiger partial charge is 0.398 e. The fourth-order valence-corrected chi connectivity index (χ4v) is 1.05. The number of hydrogen-bond donors (Lipinski definition) is 0. The van der Waals surface area contributed by atoms with E-state index in [4.69, 9.17) is 11.4 Å². The van der Waals surface area contributed by atoms with Crippen LogP contribution in [0.15, 0.2) is 5.16 Å². The van der Waals surface area contributed by atoms with Crippen molar-refractivity contribution >= 4 is 11.8 Å². The molecule has 7 heteroatoms. The summed E-state index contributed by atoms with van der Waals surface area (Å²) in [5.41, 5.74) is 0. The monoisotopic (exact) mass is 242 g/mol. The number of oxime groups is 1. The molecule has 0 fully saturated rings. The number of ether oxygens (including phenoxy) is 1. The van der Waals surface area contributed by atoms with E-state index in [-0.39, 0.29) is 6.61 Å². The lowest BCUT2D eigenvalue weighted by Gasteiger charge is -2.25. The average molecular weight is 242 g/mol. The van der Waals surface area contributed by atoms with Crippen LogP contribution in [0.2, 0.25) is 0 Å². The normalized spacial score (nSPS) is 11.8. The number of carbonyl (C=O) groups excluding carboxylic acids is 1. The maximum atomic E-state index is 11.3. The van der Waals surface area contributed by atoms with Gasteiger partial charge in [0.05, 0.1) is 11.8 Å². The van der Waals surface area contributed by atoms with Crippen LogP contribution in [-0.2, 0) is 14.4 Å². The number of nitrogens with zero attached hydrogens (tertiary/aromatic N) is 4. The standard InChI is InChI=1S/C10H18N4O3/c1-7-16-9(15)8(11-2)12-17-10(13(3)4)14(5)6/h10H,7H2,1,3-6H3/b12-8+. The molecular formula is C10H18N4O3. The van der Waals surface area contributed by atoms with Gasteiger partial charge in [0.2, 0.25) is 0 Å². The first kappa shape index (κ1) is 15.3. The van der Waals surface area contributed by atoms with Crippen molar-refractivity contribution in [3.8, 4) is 0 Å². The average Bonchev–Trinajstić information content (AvgIpc) is 2.23. The Hall–Kier alpha value is -1.65. The lowest BCUT2D eigenvalue weighted by Crippen LogP contribution is -2.41. The second-order valence-corrected chi connectivity index (χ2v) is 3.61. The van der Waals surface area contributed by atoms with Crippen LogP contribution < -0.4 is 0 Å². The van der Waals surface area contributed by atoms with Crippen LogP contribution in [0, 0.1) is 6.57 Å². The summed E-state index contributed by atoms with van der Waals surface area (Å²) in [5.74, 6) is -1.20. The molecule has 0 atom stereocenters. The molecule has 0 aromatic heterocycles. The SMILES string of the molecule is [C-]#[N+]/C(=N/OC(N(C)C)N(C)C)C(=O)OCC. The Morgan fingerprint density at radius 3 is 2.24 bits per heavy atom. The van der Waals surface area contributed by atoms with E-state index in [1.807, 2.05) is 0 Å². The van der Waals surface area contributed by atoms with Gasteiger partial charge in [-0.05, 0) is 35.1 Å². The van der Waals surface area contributed by atoms with Crippen LogP contribution in [0.4, 0.5) is 0 Å². The van der Waals surface area contributed by atoms with Gasteiger partial charge in [-0.2, -0.15) is 0 Å². The largest absolute Gasteiger partial charge is 0.470 e. The van der Waals surface area contributed by atoms with E-state index in [0.717, 1.165) is 0 Å². The Morgan fingerprint density at radius 1 is 1.35 bits per heavy atom. The molecule has 0 radical (unpaired) electrons. The second-order valence-electron chi connectivity index (χ2n) is 3.61. The van der Waals surface area contributed by atoms with Crippen LogP contribution in [0.5, 0.6) is 0 Å². The van der Waals surface area contributed by atoms with Crippen molar-refractivity contribution < 1.29 is 14.4 Å². The van der Waals surface area contributed by atoms with E-state index in [9.17, 15) is 4.79 Å². The maximum Gasteiger partial charge on any atom is 0.398 e. The van der Waals surface area contributed by atoms with E-state index >= 15 is 0 Å². The van der Waals surface area contributed by atoms with Crippen molar-refractivity contribution in [1.29, 1.82) is 0 Å². The molecule has 0 saturated heterocycles. The topological polar surface area (TPSA) is 58.7 Å². The molecule has 0 bridgehead atoms. The molecule has 0 aliphatic heterocycles.